The van der Waals surface area contributed by atoms with Crippen LogP contribution in [0, 0.1) is 5.41 Å². The smallest absolute Gasteiger partial charge is 0.262 e. The van der Waals surface area contributed by atoms with Gasteiger partial charge in [-0.2, -0.15) is 0 Å². The Labute approximate surface area is 236 Å². The third kappa shape index (κ3) is 6.25. The van der Waals surface area contributed by atoms with Crippen molar-refractivity contribution in [3.63, 3.8) is 0 Å². The number of hydrogen-bond donors (Lipinski definition) is 4. The van der Waals surface area contributed by atoms with Gasteiger partial charge in [-0.25, -0.2) is 0 Å². The average molecular weight is 577 g/mol. The van der Waals surface area contributed by atoms with Crippen LogP contribution in [0.2, 0.25) is 5.02 Å². The van der Waals surface area contributed by atoms with E-state index in [-0.39, 0.29) is 42.0 Å². The summed E-state index contributed by atoms with van der Waals surface area (Å²) >= 11 is 8.69. The lowest BCUT2D eigenvalue weighted by Gasteiger charge is -2.37. The molecule has 0 unspecified atom stereocenters. The first-order valence-corrected chi connectivity index (χ1v) is 15.1. The summed E-state index contributed by atoms with van der Waals surface area (Å²) in [7, 11) is 0. The molecule has 1 aromatic heterocycles. The van der Waals surface area contributed by atoms with Crippen LogP contribution in [0.15, 0.2) is 28.5 Å². The molecule has 0 saturated carbocycles. The number of carbonyl (C=O) groups is 4. The zero-order valence-electron chi connectivity index (χ0n) is 21.8. The number of thioether (sulfide) groups is 1. The summed E-state index contributed by atoms with van der Waals surface area (Å²) in [6.45, 7) is 5.72. The monoisotopic (exact) mass is 576 g/mol. The fourth-order valence-electron chi connectivity index (χ4n) is 5.05. The molecule has 11 heteroatoms. The van der Waals surface area contributed by atoms with Crippen molar-refractivity contribution in [1.82, 2.24) is 21.3 Å². The Bertz CT molecular complexity index is 1240. The molecule has 1 saturated heterocycles. The number of halogens is 1. The number of benzene rings is 1. The number of fused-ring (bicyclic) bond motifs is 1. The van der Waals surface area contributed by atoms with Crippen molar-refractivity contribution in [2.24, 2.45) is 5.41 Å². The summed E-state index contributed by atoms with van der Waals surface area (Å²) in [5, 5.41) is 12.5. The third-order valence-electron chi connectivity index (χ3n) is 6.99. The Morgan fingerprint density at radius 3 is 2.34 bits per heavy atom. The van der Waals surface area contributed by atoms with E-state index in [0.717, 1.165) is 9.77 Å². The Kier molecular flexibility index (Phi) is 8.86. The van der Waals surface area contributed by atoms with Gasteiger partial charge in [-0.15, -0.1) is 23.1 Å². The van der Waals surface area contributed by atoms with Gasteiger partial charge in [0.05, 0.1) is 9.09 Å². The highest BCUT2D eigenvalue weighted by atomic mass is 35.5. The summed E-state index contributed by atoms with van der Waals surface area (Å²) in [5.41, 5.74) is 0.650. The molecule has 204 valence electrons. The Balaban J connectivity index is 1.44. The van der Waals surface area contributed by atoms with Crippen LogP contribution in [0.4, 0.5) is 0 Å². The molecule has 2 aliphatic rings. The number of ketones is 1. The Morgan fingerprint density at radius 2 is 1.68 bits per heavy atom. The van der Waals surface area contributed by atoms with E-state index in [1.54, 1.807) is 24.3 Å². The van der Waals surface area contributed by atoms with Gasteiger partial charge >= 0.3 is 0 Å². The second-order valence-electron chi connectivity index (χ2n) is 10.5. The van der Waals surface area contributed by atoms with Crippen LogP contribution in [0.25, 0.3) is 0 Å². The minimum absolute atomic E-state index is 0.0749. The van der Waals surface area contributed by atoms with E-state index >= 15 is 0 Å². The fourth-order valence-corrected chi connectivity index (χ4v) is 7.16. The van der Waals surface area contributed by atoms with Crippen LogP contribution < -0.4 is 21.3 Å². The summed E-state index contributed by atoms with van der Waals surface area (Å²) in [6, 6.07) is 6.56. The SMILES string of the molecule is CSc1sc(C(=O)NC2(C(=O)NCCNC(=O)c3ccc(Cl)cc3)CCNCC2)c2c1C(=O)CC(C)(C)C2. The maximum absolute atomic E-state index is 13.7. The van der Waals surface area contributed by atoms with Crippen molar-refractivity contribution < 1.29 is 19.2 Å². The van der Waals surface area contributed by atoms with E-state index in [9.17, 15) is 19.2 Å². The van der Waals surface area contributed by atoms with Gasteiger partial charge < -0.3 is 21.3 Å². The molecule has 0 radical (unpaired) electrons. The molecule has 0 atom stereocenters. The molecule has 0 bridgehead atoms. The van der Waals surface area contributed by atoms with Crippen molar-refractivity contribution in [3.8, 4) is 0 Å². The zero-order valence-corrected chi connectivity index (χ0v) is 24.2. The Morgan fingerprint density at radius 1 is 1.03 bits per heavy atom. The highest BCUT2D eigenvalue weighted by molar-refractivity contribution is 8.00. The van der Waals surface area contributed by atoms with Crippen LogP contribution in [0.5, 0.6) is 0 Å². The van der Waals surface area contributed by atoms with Gasteiger partial charge in [0.2, 0.25) is 5.91 Å². The van der Waals surface area contributed by atoms with Crippen molar-refractivity contribution in [1.29, 1.82) is 0 Å². The first-order valence-electron chi connectivity index (χ1n) is 12.6. The van der Waals surface area contributed by atoms with E-state index in [1.165, 1.54) is 23.1 Å². The van der Waals surface area contributed by atoms with Crippen molar-refractivity contribution in [3.05, 3.63) is 50.9 Å². The summed E-state index contributed by atoms with van der Waals surface area (Å²) in [6.07, 6.45) is 3.89. The summed E-state index contributed by atoms with van der Waals surface area (Å²) in [4.78, 5) is 52.8. The second kappa shape index (κ2) is 11.8. The number of Topliss-reactive ketones (excluding diaryl/α,β-unsaturated/α-hetero) is 1. The number of piperidine rings is 1. The molecular formula is C27H33ClN4O4S2. The maximum Gasteiger partial charge on any atom is 0.262 e. The average Bonchev–Trinajstić information content (AvgIpc) is 3.25. The fraction of sp³-hybridized carbons (Fsp3) is 0.481. The van der Waals surface area contributed by atoms with Gasteiger partial charge in [-0.1, -0.05) is 25.4 Å². The summed E-state index contributed by atoms with van der Waals surface area (Å²) < 4.78 is 0.853. The van der Waals surface area contributed by atoms with Gasteiger partial charge in [-0.3, -0.25) is 19.2 Å². The molecule has 2 aromatic rings. The molecule has 1 fully saturated rings. The molecule has 1 aliphatic carbocycles. The largest absolute Gasteiger partial charge is 0.352 e. The van der Waals surface area contributed by atoms with Crippen LogP contribution in [-0.2, 0) is 11.2 Å². The molecule has 8 nitrogen and oxygen atoms in total. The topological polar surface area (TPSA) is 116 Å². The first kappa shape index (κ1) is 28.6. The summed E-state index contributed by atoms with van der Waals surface area (Å²) in [5.74, 6) is -0.777. The highest BCUT2D eigenvalue weighted by Gasteiger charge is 2.43. The molecule has 1 aliphatic heterocycles. The van der Waals surface area contributed by atoms with Crippen molar-refractivity contribution in [2.75, 3.05) is 32.4 Å². The number of rotatable bonds is 8. The first-order chi connectivity index (χ1) is 18.0. The predicted molar refractivity (Wildman–Crippen MR) is 152 cm³/mol. The van der Waals surface area contributed by atoms with Crippen LogP contribution in [0.1, 0.15) is 69.1 Å². The number of nitrogens with one attached hydrogen (secondary N) is 4. The van der Waals surface area contributed by atoms with Gasteiger partial charge in [-0.05, 0) is 73.9 Å². The minimum atomic E-state index is -1.08. The standard InChI is InChI=1S/C27H33ClN4O4S2/c1-26(2)14-18-20(19(33)15-26)24(37-3)38-21(18)23(35)32-27(8-10-29-11-9-27)25(36)31-13-12-30-22(34)16-4-6-17(28)7-5-16/h4-7,29H,8-15H2,1-3H3,(H,30,34)(H,31,36)(H,32,35). The van der Waals surface area contributed by atoms with E-state index < -0.39 is 5.54 Å². The van der Waals surface area contributed by atoms with Gasteiger partial charge in [0.15, 0.2) is 5.78 Å². The third-order valence-corrected chi connectivity index (χ3v) is 9.59. The van der Waals surface area contributed by atoms with E-state index in [4.69, 9.17) is 11.6 Å². The molecule has 3 amide bonds. The molecular weight excluding hydrogens is 544 g/mol. The molecule has 2 heterocycles. The Hall–Kier alpha value is -2.40. The van der Waals surface area contributed by atoms with Crippen LogP contribution in [-0.4, -0.2) is 61.5 Å². The number of thiophene rings is 1. The second-order valence-corrected chi connectivity index (χ2v) is 13.1. The van der Waals surface area contributed by atoms with Crippen LogP contribution >= 0.6 is 34.7 Å². The lowest BCUT2D eigenvalue weighted by molar-refractivity contribution is -0.128. The predicted octanol–water partition coefficient (Wildman–Crippen LogP) is 3.68. The van der Waals surface area contributed by atoms with E-state index in [1.807, 2.05) is 20.1 Å². The highest BCUT2D eigenvalue weighted by Crippen LogP contribution is 2.44. The number of carbonyl (C=O) groups excluding carboxylic acids is 4. The van der Waals surface area contributed by atoms with Gasteiger partial charge in [0.25, 0.3) is 11.8 Å². The molecule has 4 N–H and O–H groups in total. The number of amides is 3. The lowest BCUT2D eigenvalue weighted by atomic mass is 9.74. The van der Waals surface area contributed by atoms with Crippen molar-refractivity contribution >= 4 is 58.2 Å². The zero-order chi connectivity index (χ0) is 27.5. The molecule has 38 heavy (non-hydrogen) atoms. The lowest BCUT2D eigenvalue weighted by Crippen LogP contribution is -2.63. The van der Waals surface area contributed by atoms with Crippen molar-refractivity contribution in [2.45, 2.75) is 49.3 Å². The molecule has 4 rings (SSSR count). The maximum atomic E-state index is 13.7. The van der Waals surface area contributed by atoms with Gasteiger partial charge in [0.1, 0.15) is 5.54 Å². The molecule has 1 aromatic carbocycles. The normalized spacial score (nSPS) is 17.8. The minimum Gasteiger partial charge on any atom is -0.352 e. The molecule has 0 spiro atoms. The quantitative estimate of drug-likeness (QED) is 0.281. The van der Waals surface area contributed by atoms with Crippen LogP contribution in [0.3, 0.4) is 0 Å². The number of hydrogen-bond acceptors (Lipinski definition) is 7. The van der Waals surface area contributed by atoms with E-state index in [2.05, 4.69) is 21.3 Å². The van der Waals surface area contributed by atoms with E-state index in [0.29, 0.717) is 59.8 Å². The van der Waals surface area contributed by atoms with Gasteiger partial charge in [0, 0.05) is 35.7 Å².